The summed E-state index contributed by atoms with van der Waals surface area (Å²) in [6, 6.07) is 12.1. The molecule has 1 N–H and O–H groups in total. The van der Waals surface area contributed by atoms with Gasteiger partial charge in [0.15, 0.2) is 0 Å². The first-order chi connectivity index (χ1) is 12.6. The molecule has 138 valence electrons. The molecule has 2 aromatic carbocycles. The van der Waals surface area contributed by atoms with E-state index in [1.54, 1.807) is 14.2 Å². The Morgan fingerprint density at radius 1 is 1.04 bits per heavy atom. The van der Waals surface area contributed by atoms with Crippen LogP contribution >= 0.6 is 0 Å². The van der Waals surface area contributed by atoms with Gasteiger partial charge < -0.3 is 14.6 Å². The Kier molecular flexibility index (Phi) is 4.34. The van der Waals surface area contributed by atoms with Crippen LogP contribution < -0.4 is 9.47 Å². The lowest BCUT2D eigenvalue weighted by atomic mass is 9.53. The van der Waals surface area contributed by atoms with Crippen molar-refractivity contribution in [3.63, 3.8) is 0 Å². The molecular formula is C23H28O3. The van der Waals surface area contributed by atoms with Crippen LogP contribution in [0.2, 0.25) is 0 Å². The molecule has 0 radical (unpaired) electrons. The van der Waals surface area contributed by atoms with Gasteiger partial charge in [0.05, 0.1) is 14.2 Å². The molecule has 26 heavy (non-hydrogen) atoms. The first-order valence-electron chi connectivity index (χ1n) is 9.61. The van der Waals surface area contributed by atoms with Crippen molar-refractivity contribution >= 4 is 0 Å². The van der Waals surface area contributed by atoms with E-state index in [4.69, 9.17) is 9.47 Å². The summed E-state index contributed by atoms with van der Waals surface area (Å²) in [5.74, 6) is 3.33. The van der Waals surface area contributed by atoms with Crippen LogP contribution in [0.1, 0.15) is 55.2 Å². The lowest BCUT2D eigenvalue weighted by molar-refractivity contribution is 0.145. The fraction of sp³-hybridized carbons (Fsp3) is 0.478. The summed E-state index contributed by atoms with van der Waals surface area (Å²) in [6.45, 7) is 2.43. The zero-order valence-electron chi connectivity index (χ0n) is 15.9. The highest BCUT2D eigenvalue weighted by Crippen LogP contribution is 2.57. The Morgan fingerprint density at radius 3 is 2.50 bits per heavy atom. The van der Waals surface area contributed by atoms with Crippen molar-refractivity contribution in [2.24, 2.45) is 5.92 Å². The predicted octanol–water partition coefficient (Wildman–Crippen LogP) is 5.20. The van der Waals surface area contributed by atoms with Gasteiger partial charge in [0.25, 0.3) is 0 Å². The number of phenolic OH excluding ortho intramolecular Hbond substituents is 1. The number of ether oxygens (including phenoxy) is 2. The lowest BCUT2D eigenvalue weighted by Crippen LogP contribution is -2.43. The largest absolute Gasteiger partial charge is 0.508 e. The molecule has 3 nitrogen and oxygen atoms in total. The van der Waals surface area contributed by atoms with Crippen LogP contribution in [0.4, 0.5) is 0 Å². The quantitative estimate of drug-likeness (QED) is 0.825. The first-order valence-corrected chi connectivity index (χ1v) is 9.61. The minimum atomic E-state index is 0.117. The third kappa shape index (κ3) is 2.65. The Morgan fingerprint density at radius 2 is 1.81 bits per heavy atom. The van der Waals surface area contributed by atoms with Crippen LogP contribution in [-0.2, 0) is 11.8 Å². The van der Waals surface area contributed by atoms with Gasteiger partial charge in [0.1, 0.15) is 17.2 Å². The number of aromatic hydroxyl groups is 1. The van der Waals surface area contributed by atoms with Gasteiger partial charge in [0.2, 0.25) is 0 Å². The summed E-state index contributed by atoms with van der Waals surface area (Å²) in [5.41, 5.74) is 4.24. The third-order valence-corrected chi connectivity index (χ3v) is 6.75. The second kappa shape index (κ2) is 6.53. The van der Waals surface area contributed by atoms with Crippen molar-refractivity contribution in [2.45, 2.75) is 50.4 Å². The normalized spacial score (nSPS) is 27.3. The number of rotatable bonds is 3. The third-order valence-electron chi connectivity index (χ3n) is 6.75. The van der Waals surface area contributed by atoms with Gasteiger partial charge in [-0.2, -0.15) is 0 Å². The maximum atomic E-state index is 9.66. The minimum Gasteiger partial charge on any atom is -0.508 e. The van der Waals surface area contributed by atoms with E-state index in [2.05, 4.69) is 25.1 Å². The predicted molar refractivity (Wildman–Crippen MR) is 103 cm³/mol. The molecule has 0 amide bonds. The molecule has 0 aliphatic heterocycles. The van der Waals surface area contributed by atoms with Crippen LogP contribution in [0, 0.1) is 5.92 Å². The van der Waals surface area contributed by atoms with E-state index in [0.717, 1.165) is 17.9 Å². The van der Waals surface area contributed by atoms with Crippen LogP contribution in [0.5, 0.6) is 17.2 Å². The highest BCUT2D eigenvalue weighted by Gasteiger charge is 2.48. The van der Waals surface area contributed by atoms with Gasteiger partial charge >= 0.3 is 0 Å². The van der Waals surface area contributed by atoms with E-state index >= 15 is 0 Å². The molecule has 2 aromatic rings. The molecular weight excluding hydrogens is 324 g/mol. The second-order valence-corrected chi connectivity index (χ2v) is 8.02. The van der Waals surface area contributed by atoms with Crippen molar-refractivity contribution in [3.8, 4) is 17.2 Å². The second-order valence-electron chi connectivity index (χ2n) is 8.02. The van der Waals surface area contributed by atoms with Gasteiger partial charge in [0, 0.05) is 11.6 Å². The van der Waals surface area contributed by atoms with E-state index in [0.29, 0.717) is 17.6 Å². The molecule has 0 aromatic heterocycles. The number of benzene rings is 2. The topological polar surface area (TPSA) is 38.7 Å². The molecule has 0 saturated heterocycles. The van der Waals surface area contributed by atoms with E-state index < -0.39 is 0 Å². The number of aryl methyl sites for hydroxylation is 1. The zero-order chi connectivity index (χ0) is 18.3. The first kappa shape index (κ1) is 17.3. The standard InChI is InChI=1S/C23H28O3/c1-23-12-4-5-19(15-6-9-17(24)10-7-15)20(23)11-8-16-13-18(25-2)14-21(26-3)22(16)23/h6-7,9-10,13-14,19-20,24H,4-5,8,11-12H2,1-3H3/t19-,20-,23-/m1/s1. The molecule has 4 rings (SSSR count). The van der Waals surface area contributed by atoms with Crippen molar-refractivity contribution in [1.29, 1.82) is 0 Å². The summed E-state index contributed by atoms with van der Waals surface area (Å²) >= 11 is 0. The average molecular weight is 352 g/mol. The minimum absolute atomic E-state index is 0.117. The summed E-state index contributed by atoms with van der Waals surface area (Å²) in [4.78, 5) is 0. The highest BCUT2D eigenvalue weighted by molar-refractivity contribution is 5.53. The van der Waals surface area contributed by atoms with Crippen LogP contribution in [0.25, 0.3) is 0 Å². The Bertz CT molecular complexity index is 779. The monoisotopic (exact) mass is 352 g/mol. The molecule has 0 unspecified atom stereocenters. The number of fused-ring (bicyclic) bond motifs is 3. The molecule has 0 bridgehead atoms. The van der Waals surface area contributed by atoms with Crippen molar-refractivity contribution in [1.82, 2.24) is 0 Å². The lowest BCUT2D eigenvalue weighted by Gasteiger charge is -2.51. The average Bonchev–Trinajstić information content (AvgIpc) is 2.66. The smallest absolute Gasteiger partial charge is 0.126 e. The zero-order valence-corrected chi connectivity index (χ0v) is 15.9. The Labute approximate surface area is 156 Å². The van der Waals surface area contributed by atoms with Crippen molar-refractivity contribution in [2.75, 3.05) is 14.2 Å². The Hall–Kier alpha value is -2.16. The Balaban J connectivity index is 1.79. The molecule has 3 heteroatoms. The van der Waals surface area contributed by atoms with Gasteiger partial charge in [-0.15, -0.1) is 0 Å². The van der Waals surface area contributed by atoms with E-state index in [1.165, 1.54) is 42.4 Å². The maximum absolute atomic E-state index is 9.66. The van der Waals surface area contributed by atoms with E-state index in [9.17, 15) is 5.11 Å². The van der Waals surface area contributed by atoms with Crippen LogP contribution in [0.15, 0.2) is 36.4 Å². The maximum Gasteiger partial charge on any atom is 0.126 e. The molecule has 3 atom stereocenters. The molecule has 0 heterocycles. The summed E-state index contributed by atoms with van der Waals surface area (Å²) in [7, 11) is 3.48. The number of hydrogen-bond donors (Lipinski definition) is 1. The number of hydrogen-bond acceptors (Lipinski definition) is 3. The summed E-state index contributed by atoms with van der Waals surface area (Å²) in [6.07, 6.45) is 5.89. The number of phenols is 1. The molecule has 0 spiro atoms. The van der Waals surface area contributed by atoms with Crippen molar-refractivity contribution in [3.05, 3.63) is 53.1 Å². The molecule has 2 aliphatic carbocycles. The SMILES string of the molecule is COc1cc2c(c(OC)c1)[C@]1(C)CCC[C@H](c3ccc(O)cc3)[C@H]1CC2. The van der Waals surface area contributed by atoms with Gasteiger partial charge in [-0.1, -0.05) is 25.5 Å². The highest BCUT2D eigenvalue weighted by atomic mass is 16.5. The fourth-order valence-corrected chi connectivity index (χ4v) is 5.55. The van der Waals surface area contributed by atoms with Crippen molar-refractivity contribution < 1.29 is 14.6 Å². The van der Waals surface area contributed by atoms with E-state index in [1.807, 2.05) is 18.2 Å². The van der Waals surface area contributed by atoms with Gasteiger partial charge in [-0.3, -0.25) is 0 Å². The van der Waals surface area contributed by atoms with Gasteiger partial charge in [-0.05, 0) is 72.3 Å². The fourth-order valence-electron chi connectivity index (χ4n) is 5.55. The molecule has 2 aliphatic rings. The van der Waals surface area contributed by atoms with Gasteiger partial charge in [-0.25, -0.2) is 0 Å². The summed E-state index contributed by atoms with van der Waals surface area (Å²) in [5, 5.41) is 9.66. The molecule has 1 fully saturated rings. The van der Waals surface area contributed by atoms with E-state index in [-0.39, 0.29) is 5.41 Å². The van der Waals surface area contributed by atoms with Crippen LogP contribution in [0.3, 0.4) is 0 Å². The number of methoxy groups -OCH3 is 2. The van der Waals surface area contributed by atoms with Crippen LogP contribution in [-0.4, -0.2) is 19.3 Å². The summed E-state index contributed by atoms with van der Waals surface area (Å²) < 4.78 is 11.3. The molecule has 1 saturated carbocycles.